The monoisotopic (exact) mass is 419 g/mol. The second-order valence-electron chi connectivity index (χ2n) is 7.07. The van der Waals surface area contributed by atoms with Crippen molar-refractivity contribution >= 4 is 17.5 Å². The zero-order valence-corrected chi connectivity index (χ0v) is 17.4. The highest BCUT2D eigenvalue weighted by Gasteiger charge is 2.38. The summed E-state index contributed by atoms with van der Waals surface area (Å²) in [4.78, 5) is 17.1. The molecule has 1 atom stereocenters. The predicted octanol–water partition coefficient (Wildman–Crippen LogP) is 4.20. The van der Waals surface area contributed by atoms with Crippen molar-refractivity contribution in [3.05, 3.63) is 76.5 Å². The summed E-state index contributed by atoms with van der Waals surface area (Å²) in [5.74, 6) is 1.55. The molecule has 0 saturated heterocycles. The van der Waals surface area contributed by atoms with Crippen molar-refractivity contribution in [3.63, 3.8) is 0 Å². The van der Waals surface area contributed by atoms with Crippen LogP contribution in [0.25, 0.3) is 0 Å². The van der Waals surface area contributed by atoms with Gasteiger partial charge in [-0.15, -0.1) is 11.8 Å². The molecule has 6 nitrogen and oxygen atoms in total. The van der Waals surface area contributed by atoms with Crippen molar-refractivity contribution in [3.8, 4) is 11.8 Å². The summed E-state index contributed by atoms with van der Waals surface area (Å²) in [7, 11) is 1.63. The van der Waals surface area contributed by atoms with Gasteiger partial charge in [0.1, 0.15) is 23.2 Å². The third kappa shape index (κ3) is 3.79. The maximum Gasteiger partial charge on any atom is 0.205 e. The van der Waals surface area contributed by atoms with Crippen molar-refractivity contribution in [2.75, 3.05) is 7.11 Å². The number of nitrogens with two attached hydrogens (primary N) is 1. The van der Waals surface area contributed by atoms with E-state index in [2.05, 4.69) is 11.1 Å². The molecule has 1 aromatic heterocycles. The first-order chi connectivity index (χ1) is 14.6. The van der Waals surface area contributed by atoms with Crippen molar-refractivity contribution < 1.29 is 14.3 Å². The van der Waals surface area contributed by atoms with Gasteiger partial charge in [-0.25, -0.2) is 4.98 Å². The van der Waals surface area contributed by atoms with E-state index in [1.807, 2.05) is 36.4 Å². The van der Waals surface area contributed by atoms with Gasteiger partial charge in [-0.1, -0.05) is 18.2 Å². The van der Waals surface area contributed by atoms with Gasteiger partial charge in [-0.3, -0.25) is 4.79 Å². The standard InChI is InChI=1S/C23H21N3O3S/c1-28-18-9-8-14(11-15(18)13-30-20-7-2-3-10-26-20)21-16(12-24)23(25)29-19-6-4-5-17(27)22(19)21/h2-3,7-11,21H,4-6,13,25H2,1H3. The van der Waals surface area contributed by atoms with Crippen LogP contribution in [0.1, 0.15) is 36.3 Å². The smallest absolute Gasteiger partial charge is 0.205 e. The van der Waals surface area contributed by atoms with E-state index in [-0.39, 0.29) is 17.2 Å². The SMILES string of the molecule is COc1ccc(C2C(C#N)=C(N)OC3=C2C(=O)CCC3)cc1CSc1ccccn1. The molecule has 2 heterocycles. The molecule has 7 heteroatoms. The van der Waals surface area contributed by atoms with E-state index < -0.39 is 5.92 Å². The summed E-state index contributed by atoms with van der Waals surface area (Å²) >= 11 is 1.59. The lowest BCUT2D eigenvalue weighted by molar-refractivity contribution is -0.116. The first-order valence-corrected chi connectivity index (χ1v) is 10.7. The fraction of sp³-hybridized carbons (Fsp3) is 0.261. The molecular formula is C23H21N3O3S. The van der Waals surface area contributed by atoms with Crippen LogP contribution in [-0.4, -0.2) is 17.9 Å². The van der Waals surface area contributed by atoms with Gasteiger partial charge in [0, 0.05) is 35.9 Å². The Morgan fingerprint density at radius 2 is 2.20 bits per heavy atom. The molecule has 2 aromatic rings. The lowest BCUT2D eigenvalue weighted by atomic mass is 9.77. The molecule has 2 aliphatic rings. The van der Waals surface area contributed by atoms with Gasteiger partial charge < -0.3 is 15.2 Å². The molecule has 1 aliphatic heterocycles. The van der Waals surface area contributed by atoms with Crippen molar-refractivity contribution in [1.29, 1.82) is 5.26 Å². The molecule has 1 unspecified atom stereocenters. The fourth-order valence-electron chi connectivity index (χ4n) is 3.86. The third-order valence-electron chi connectivity index (χ3n) is 5.26. The minimum atomic E-state index is -0.518. The molecule has 0 saturated carbocycles. The first-order valence-electron chi connectivity index (χ1n) is 9.67. The van der Waals surface area contributed by atoms with Crippen molar-refractivity contribution in [2.45, 2.75) is 36.0 Å². The van der Waals surface area contributed by atoms with Gasteiger partial charge in [0.2, 0.25) is 5.88 Å². The van der Waals surface area contributed by atoms with E-state index in [4.69, 9.17) is 15.2 Å². The number of rotatable bonds is 5. The second-order valence-corrected chi connectivity index (χ2v) is 8.06. The molecule has 0 radical (unpaired) electrons. The summed E-state index contributed by atoms with van der Waals surface area (Å²) < 4.78 is 11.2. The highest BCUT2D eigenvalue weighted by molar-refractivity contribution is 7.98. The average molecular weight is 420 g/mol. The van der Waals surface area contributed by atoms with E-state index in [1.165, 1.54) is 0 Å². The molecule has 2 N–H and O–H groups in total. The number of methoxy groups -OCH3 is 1. The molecule has 0 fully saturated rings. The molecule has 0 spiro atoms. The Morgan fingerprint density at radius 3 is 2.93 bits per heavy atom. The summed E-state index contributed by atoms with van der Waals surface area (Å²) in [6, 6.07) is 13.7. The molecule has 30 heavy (non-hydrogen) atoms. The topological polar surface area (TPSA) is 98.2 Å². The van der Waals surface area contributed by atoms with E-state index in [0.29, 0.717) is 29.9 Å². The number of thioether (sulfide) groups is 1. The molecule has 1 aliphatic carbocycles. The molecule has 4 rings (SSSR count). The number of Topliss-reactive ketones (excluding diaryl/α,β-unsaturated/α-hetero) is 1. The third-order valence-corrected chi connectivity index (χ3v) is 6.25. The summed E-state index contributed by atoms with van der Waals surface area (Å²) in [6.45, 7) is 0. The summed E-state index contributed by atoms with van der Waals surface area (Å²) in [5, 5.41) is 10.7. The lowest BCUT2D eigenvalue weighted by Crippen LogP contribution is -2.27. The predicted molar refractivity (Wildman–Crippen MR) is 113 cm³/mol. The van der Waals surface area contributed by atoms with Gasteiger partial charge in [-0.05, 0) is 30.2 Å². The molecular weight excluding hydrogens is 398 g/mol. The number of carbonyl (C=O) groups is 1. The average Bonchev–Trinajstić information content (AvgIpc) is 2.77. The Bertz CT molecular complexity index is 1090. The largest absolute Gasteiger partial charge is 0.496 e. The normalized spacial score (nSPS) is 18.5. The Labute approximate surface area is 179 Å². The van der Waals surface area contributed by atoms with Gasteiger partial charge >= 0.3 is 0 Å². The molecule has 0 bridgehead atoms. The number of ether oxygens (including phenoxy) is 2. The van der Waals surface area contributed by atoms with Gasteiger partial charge in [0.15, 0.2) is 5.78 Å². The van der Waals surface area contributed by atoms with E-state index in [1.54, 1.807) is 25.1 Å². The van der Waals surface area contributed by atoms with E-state index in [9.17, 15) is 10.1 Å². The number of allylic oxidation sites excluding steroid dienone is 3. The number of pyridine rings is 1. The lowest BCUT2D eigenvalue weighted by Gasteiger charge is -2.31. The van der Waals surface area contributed by atoms with Crippen molar-refractivity contribution in [1.82, 2.24) is 4.98 Å². The van der Waals surface area contributed by atoms with Crippen LogP contribution in [0.4, 0.5) is 0 Å². The number of carbonyl (C=O) groups excluding carboxylic acids is 1. The van der Waals surface area contributed by atoms with Crippen LogP contribution in [0.3, 0.4) is 0 Å². The van der Waals surface area contributed by atoms with E-state index >= 15 is 0 Å². The number of hydrogen-bond donors (Lipinski definition) is 1. The second kappa shape index (κ2) is 8.64. The summed E-state index contributed by atoms with van der Waals surface area (Å²) in [6.07, 6.45) is 3.59. The fourth-order valence-corrected chi connectivity index (χ4v) is 4.70. The highest BCUT2D eigenvalue weighted by Crippen LogP contribution is 2.44. The zero-order chi connectivity index (χ0) is 21.1. The van der Waals surface area contributed by atoms with Crippen molar-refractivity contribution in [2.24, 2.45) is 5.73 Å². The molecule has 1 aromatic carbocycles. The van der Waals surface area contributed by atoms with Crippen LogP contribution in [0.15, 0.2) is 70.4 Å². The minimum Gasteiger partial charge on any atom is -0.496 e. The van der Waals surface area contributed by atoms with E-state index in [0.717, 1.165) is 28.3 Å². The number of benzene rings is 1. The Balaban J connectivity index is 1.74. The Morgan fingerprint density at radius 1 is 1.33 bits per heavy atom. The van der Waals surface area contributed by atoms with Gasteiger partial charge in [0.25, 0.3) is 0 Å². The maximum atomic E-state index is 12.8. The van der Waals surface area contributed by atoms with Gasteiger partial charge in [0.05, 0.1) is 18.1 Å². The number of nitrogens with zero attached hydrogens (tertiary/aromatic N) is 2. The summed E-state index contributed by atoms with van der Waals surface area (Å²) in [5.41, 5.74) is 8.67. The minimum absolute atomic E-state index is 0.0155. The van der Waals surface area contributed by atoms with Crippen LogP contribution in [-0.2, 0) is 15.3 Å². The number of aromatic nitrogens is 1. The number of nitriles is 1. The first kappa shape index (κ1) is 20.0. The number of ketones is 1. The van der Waals surface area contributed by atoms with Crippen LogP contribution in [0.5, 0.6) is 5.75 Å². The van der Waals surface area contributed by atoms with Crippen LogP contribution < -0.4 is 10.5 Å². The van der Waals surface area contributed by atoms with Crippen LogP contribution in [0, 0.1) is 11.3 Å². The quantitative estimate of drug-likeness (QED) is 0.725. The maximum absolute atomic E-state index is 12.8. The number of hydrogen-bond acceptors (Lipinski definition) is 7. The zero-order valence-electron chi connectivity index (χ0n) is 16.6. The highest BCUT2D eigenvalue weighted by atomic mass is 32.2. The van der Waals surface area contributed by atoms with Crippen LogP contribution >= 0.6 is 11.8 Å². The molecule has 152 valence electrons. The molecule has 0 amide bonds. The Kier molecular flexibility index (Phi) is 5.77. The van der Waals surface area contributed by atoms with Gasteiger partial charge in [-0.2, -0.15) is 5.26 Å². The van der Waals surface area contributed by atoms with Crippen LogP contribution in [0.2, 0.25) is 0 Å². The Hall–Kier alpha value is -3.24.